The number of aromatic nitrogens is 1. The van der Waals surface area contributed by atoms with Gasteiger partial charge in [-0.2, -0.15) is 0 Å². The van der Waals surface area contributed by atoms with E-state index in [-0.39, 0.29) is 5.92 Å². The monoisotopic (exact) mass is 391 g/mol. The molecule has 4 heteroatoms. The van der Waals surface area contributed by atoms with E-state index in [4.69, 9.17) is 4.74 Å². The molecule has 4 rings (SSSR count). The van der Waals surface area contributed by atoms with E-state index >= 15 is 0 Å². The predicted molar refractivity (Wildman–Crippen MR) is 117 cm³/mol. The molecule has 0 aliphatic carbocycles. The molecule has 0 fully saturated rings. The number of hydrogen-bond acceptors (Lipinski definition) is 3. The minimum Gasteiger partial charge on any atom is -0.469 e. The summed E-state index contributed by atoms with van der Waals surface area (Å²) >= 11 is 0. The van der Waals surface area contributed by atoms with Crippen LogP contribution in [0.5, 0.6) is 0 Å². The van der Waals surface area contributed by atoms with E-state index in [1.54, 1.807) is 0 Å². The van der Waals surface area contributed by atoms with Crippen LogP contribution in [-0.2, 0) is 22.5 Å². The van der Waals surface area contributed by atoms with Crippen LogP contribution in [0, 0.1) is 5.92 Å². The van der Waals surface area contributed by atoms with Crippen molar-refractivity contribution in [1.29, 1.82) is 0 Å². The van der Waals surface area contributed by atoms with Crippen molar-refractivity contribution in [2.75, 3.05) is 20.2 Å². The van der Waals surface area contributed by atoms with Gasteiger partial charge in [-0.1, -0.05) is 61.9 Å². The SMILES string of the molecule is [2H][C@]1(C(=O)OC)C[C@@H](CC)CN(Cc2ccccc2)CCc2c1[nH]c1ccccc21. The zero-order valence-corrected chi connectivity index (χ0v) is 17.3. The molecule has 0 amide bonds. The Balaban J connectivity index is 1.78. The standard InChI is InChI=1S/C25H30N2O2/c1-3-18-15-22(25(28)29-2)24-21(20-11-7-8-12-23(20)26-24)13-14-27(16-18)17-19-9-5-4-6-10-19/h4-12,18,22,26H,3,13-17H2,1-2H3/t18-,22+/m1/s1/i22D. The maximum atomic E-state index is 12.9. The van der Waals surface area contributed by atoms with E-state index in [2.05, 4.69) is 47.1 Å². The molecule has 1 N–H and O–H groups in total. The summed E-state index contributed by atoms with van der Waals surface area (Å²) in [5.41, 5.74) is 4.04. The van der Waals surface area contributed by atoms with Gasteiger partial charge >= 0.3 is 5.97 Å². The Labute approximate surface area is 174 Å². The summed E-state index contributed by atoms with van der Waals surface area (Å²) < 4.78 is 14.4. The molecule has 0 saturated heterocycles. The van der Waals surface area contributed by atoms with Crippen molar-refractivity contribution in [2.45, 2.75) is 38.6 Å². The Morgan fingerprint density at radius 1 is 1.21 bits per heavy atom. The lowest BCUT2D eigenvalue weighted by Gasteiger charge is -2.27. The minimum absolute atomic E-state index is 0.225. The number of carbonyl (C=O) groups is 1. The second-order valence-electron chi connectivity index (χ2n) is 7.94. The number of nitrogens with one attached hydrogen (secondary N) is 1. The topological polar surface area (TPSA) is 45.3 Å². The van der Waals surface area contributed by atoms with Crippen LogP contribution in [0.2, 0.25) is 0 Å². The fourth-order valence-corrected chi connectivity index (χ4v) is 4.47. The summed E-state index contributed by atoms with van der Waals surface area (Å²) in [5, 5.41) is 1.10. The van der Waals surface area contributed by atoms with Gasteiger partial charge in [0.1, 0.15) is 0 Å². The predicted octanol–water partition coefficient (Wildman–Crippen LogP) is 4.90. The molecule has 1 aliphatic rings. The highest BCUT2D eigenvalue weighted by molar-refractivity contribution is 5.88. The van der Waals surface area contributed by atoms with Crippen molar-refractivity contribution in [2.24, 2.45) is 5.92 Å². The van der Waals surface area contributed by atoms with Crippen LogP contribution in [-0.4, -0.2) is 36.1 Å². The van der Waals surface area contributed by atoms with E-state index in [9.17, 15) is 6.17 Å². The van der Waals surface area contributed by atoms with Crippen LogP contribution in [0.1, 0.15) is 43.9 Å². The summed E-state index contributed by atoms with van der Waals surface area (Å²) in [6.07, 6.45) is 2.15. The van der Waals surface area contributed by atoms with Crippen molar-refractivity contribution in [3.63, 3.8) is 0 Å². The number of H-pyrrole nitrogens is 1. The van der Waals surface area contributed by atoms with Crippen molar-refractivity contribution < 1.29 is 10.9 Å². The van der Waals surface area contributed by atoms with Crippen LogP contribution in [0.4, 0.5) is 0 Å². The number of ether oxygens (including phenoxy) is 1. The fourth-order valence-electron chi connectivity index (χ4n) is 4.47. The molecule has 0 bridgehead atoms. The molecule has 3 aromatic rings. The summed E-state index contributed by atoms with van der Waals surface area (Å²) in [7, 11) is 1.39. The summed E-state index contributed by atoms with van der Waals surface area (Å²) in [6, 6.07) is 18.6. The van der Waals surface area contributed by atoms with E-state index < -0.39 is 11.9 Å². The largest absolute Gasteiger partial charge is 0.469 e. The number of rotatable bonds is 4. The van der Waals surface area contributed by atoms with E-state index in [0.29, 0.717) is 12.1 Å². The first-order valence-electron chi connectivity index (χ1n) is 11.0. The number of nitrogens with zero attached hydrogens (tertiary/aromatic N) is 1. The van der Waals surface area contributed by atoms with Gasteiger partial charge in [0, 0.05) is 37.6 Å². The van der Waals surface area contributed by atoms with Gasteiger partial charge in [0.15, 0.2) is 0 Å². The molecular formula is C25H30N2O2. The lowest BCUT2D eigenvalue weighted by Crippen LogP contribution is -2.31. The Kier molecular flexibility index (Phi) is 5.61. The maximum Gasteiger partial charge on any atom is 0.314 e. The molecular weight excluding hydrogens is 360 g/mol. The number of benzene rings is 2. The number of fused-ring (bicyclic) bond motifs is 3. The molecule has 152 valence electrons. The summed E-state index contributed by atoms with van der Waals surface area (Å²) in [6.45, 7) is 4.77. The Hall–Kier alpha value is -2.59. The lowest BCUT2D eigenvalue weighted by atomic mass is 9.88. The quantitative estimate of drug-likeness (QED) is 0.644. The third-order valence-corrected chi connectivity index (χ3v) is 6.06. The van der Waals surface area contributed by atoms with Gasteiger partial charge in [0.25, 0.3) is 0 Å². The van der Waals surface area contributed by atoms with E-state index in [1.165, 1.54) is 12.7 Å². The van der Waals surface area contributed by atoms with Crippen LogP contribution >= 0.6 is 0 Å². The number of carbonyl (C=O) groups excluding carboxylic acids is 1. The molecule has 4 nitrogen and oxygen atoms in total. The number of para-hydroxylation sites is 1. The highest BCUT2D eigenvalue weighted by atomic mass is 16.5. The Morgan fingerprint density at radius 2 is 1.97 bits per heavy atom. The summed E-state index contributed by atoms with van der Waals surface area (Å²) in [5.74, 6) is -1.68. The van der Waals surface area contributed by atoms with Gasteiger partial charge in [-0.15, -0.1) is 0 Å². The van der Waals surface area contributed by atoms with Gasteiger partial charge in [-0.3, -0.25) is 9.69 Å². The maximum absolute atomic E-state index is 12.9. The minimum atomic E-state index is -1.42. The van der Waals surface area contributed by atoms with E-state index in [0.717, 1.165) is 48.9 Å². The average molecular weight is 392 g/mol. The Bertz CT molecular complexity index is 1020. The average Bonchev–Trinajstić information content (AvgIpc) is 3.17. The van der Waals surface area contributed by atoms with Gasteiger partial charge in [0.05, 0.1) is 13.0 Å². The van der Waals surface area contributed by atoms with Crippen molar-refractivity contribution >= 4 is 16.9 Å². The third kappa shape index (κ3) is 4.23. The number of hydrogen-bond donors (Lipinski definition) is 1. The summed E-state index contributed by atoms with van der Waals surface area (Å²) in [4.78, 5) is 18.8. The molecule has 2 atom stereocenters. The second-order valence-corrected chi connectivity index (χ2v) is 7.94. The molecule has 0 saturated carbocycles. The third-order valence-electron chi connectivity index (χ3n) is 6.06. The molecule has 0 spiro atoms. The highest BCUT2D eigenvalue weighted by Gasteiger charge is 2.31. The van der Waals surface area contributed by atoms with Crippen LogP contribution < -0.4 is 0 Å². The molecule has 1 aromatic heterocycles. The number of methoxy groups -OCH3 is 1. The first-order valence-corrected chi connectivity index (χ1v) is 10.5. The van der Waals surface area contributed by atoms with Gasteiger partial charge in [-0.05, 0) is 36.0 Å². The van der Waals surface area contributed by atoms with Gasteiger partial charge in [0.2, 0.25) is 0 Å². The molecule has 29 heavy (non-hydrogen) atoms. The first-order chi connectivity index (χ1) is 14.5. The van der Waals surface area contributed by atoms with Crippen LogP contribution in [0.3, 0.4) is 0 Å². The molecule has 1 aliphatic heterocycles. The molecule has 0 radical (unpaired) electrons. The van der Waals surface area contributed by atoms with Crippen molar-refractivity contribution in [3.8, 4) is 0 Å². The zero-order valence-electron chi connectivity index (χ0n) is 18.3. The first kappa shape index (κ1) is 18.4. The lowest BCUT2D eigenvalue weighted by molar-refractivity contribution is -0.143. The normalized spacial score (nSPS) is 23.5. The number of aromatic amines is 1. The molecule has 2 aromatic carbocycles. The zero-order chi connectivity index (χ0) is 21.1. The van der Waals surface area contributed by atoms with Gasteiger partial charge in [-0.25, -0.2) is 0 Å². The second kappa shape index (κ2) is 8.83. The Morgan fingerprint density at radius 3 is 2.72 bits per heavy atom. The van der Waals surface area contributed by atoms with Gasteiger partial charge < -0.3 is 9.72 Å². The van der Waals surface area contributed by atoms with Crippen molar-refractivity contribution in [1.82, 2.24) is 9.88 Å². The smallest absolute Gasteiger partial charge is 0.314 e. The van der Waals surface area contributed by atoms with Crippen LogP contribution in [0.15, 0.2) is 54.6 Å². The molecule has 2 heterocycles. The fraction of sp³-hybridized carbons (Fsp3) is 0.400. The molecule has 0 unspecified atom stereocenters. The number of esters is 1. The van der Waals surface area contributed by atoms with Crippen molar-refractivity contribution in [3.05, 3.63) is 71.4 Å². The van der Waals surface area contributed by atoms with Crippen LogP contribution in [0.25, 0.3) is 10.9 Å². The van der Waals surface area contributed by atoms with E-state index in [1.807, 2.05) is 24.3 Å². The highest BCUT2D eigenvalue weighted by Crippen LogP contribution is 2.35.